The van der Waals surface area contributed by atoms with Gasteiger partial charge in [-0.15, -0.1) is 11.8 Å². The van der Waals surface area contributed by atoms with Gasteiger partial charge in [0.1, 0.15) is 11.9 Å². The summed E-state index contributed by atoms with van der Waals surface area (Å²) < 4.78 is 6.20. The van der Waals surface area contributed by atoms with Gasteiger partial charge >= 0.3 is 0 Å². The summed E-state index contributed by atoms with van der Waals surface area (Å²) in [5.41, 5.74) is 2.44. The zero-order chi connectivity index (χ0) is 24.4. The first-order valence-electron chi connectivity index (χ1n) is 11.7. The largest absolute Gasteiger partial charge is 0.490 e. The van der Waals surface area contributed by atoms with Crippen molar-refractivity contribution < 1.29 is 9.53 Å². The number of benzene rings is 3. The summed E-state index contributed by atoms with van der Waals surface area (Å²) in [5.74, 6) is 1.57. The van der Waals surface area contributed by atoms with Gasteiger partial charge in [-0.05, 0) is 66.9 Å². The third kappa shape index (κ3) is 5.46. The van der Waals surface area contributed by atoms with Gasteiger partial charge in [0.05, 0.1) is 16.7 Å². The number of rotatable bonds is 6. The summed E-state index contributed by atoms with van der Waals surface area (Å²) in [4.78, 5) is 16.4. The van der Waals surface area contributed by atoms with Gasteiger partial charge in [-0.3, -0.25) is 4.79 Å². The lowest BCUT2D eigenvalue weighted by Gasteiger charge is -2.39. The van der Waals surface area contributed by atoms with E-state index in [1.165, 1.54) is 0 Å². The van der Waals surface area contributed by atoms with E-state index in [0.29, 0.717) is 15.6 Å². The molecule has 2 fully saturated rings. The monoisotopic (exact) mass is 522 g/mol. The molecule has 3 aromatic rings. The molecular weight excluding hydrogens is 499 g/mol. The lowest BCUT2D eigenvalue weighted by molar-refractivity contribution is 0.0359. The lowest BCUT2D eigenvalue weighted by Crippen LogP contribution is -2.49. The second kappa shape index (κ2) is 10.5. The van der Waals surface area contributed by atoms with Crippen LogP contribution in [-0.2, 0) is 5.75 Å². The molecule has 4 nitrogen and oxygen atoms in total. The van der Waals surface area contributed by atoms with Crippen LogP contribution in [0.25, 0.3) is 0 Å². The number of ether oxygens (including phenoxy) is 1. The minimum absolute atomic E-state index is 0.0585. The highest BCUT2D eigenvalue weighted by Crippen LogP contribution is 2.38. The maximum Gasteiger partial charge on any atom is 0.254 e. The molecule has 7 heteroatoms. The van der Waals surface area contributed by atoms with Crippen molar-refractivity contribution in [3.8, 4) is 11.8 Å². The Labute approximate surface area is 219 Å². The van der Waals surface area contributed by atoms with Crippen LogP contribution in [0.3, 0.4) is 0 Å². The van der Waals surface area contributed by atoms with E-state index in [1.54, 1.807) is 36.0 Å². The molecule has 2 bridgehead atoms. The summed E-state index contributed by atoms with van der Waals surface area (Å²) in [7, 11) is 0. The van der Waals surface area contributed by atoms with Crippen LogP contribution < -0.4 is 4.74 Å². The standard InChI is InChI=1S/C28H24Cl2N2O2S/c29-21-8-11-26(30)27(13-21)35-17-18-4-6-20(7-5-18)28(33)32-22-9-10-23(32)15-25(14-22)34-24-3-1-2-19(12-24)16-31/h1-8,11-13,22-23,25H,9-10,14-15,17H2/t22-,23+,25?. The SMILES string of the molecule is N#Cc1cccc(OC2C[C@H]3CC[C@@H](C2)N3C(=O)c2ccc(CSc3cc(Cl)ccc3Cl)cc2)c1. The van der Waals surface area contributed by atoms with Crippen molar-refractivity contribution >= 4 is 40.9 Å². The van der Waals surface area contributed by atoms with Crippen LogP contribution in [0.5, 0.6) is 5.75 Å². The zero-order valence-electron chi connectivity index (χ0n) is 19.0. The molecule has 178 valence electrons. The van der Waals surface area contributed by atoms with Gasteiger partial charge in [-0.2, -0.15) is 5.26 Å². The Hall–Kier alpha value is -2.65. The summed E-state index contributed by atoms with van der Waals surface area (Å²) in [6, 6.07) is 23.1. The van der Waals surface area contributed by atoms with E-state index in [4.69, 9.17) is 33.2 Å². The first-order chi connectivity index (χ1) is 17.0. The second-order valence-corrected chi connectivity index (χ2v) is 10.9. The number of thioether (sulfide) groups is 1. The Bertz CT molecular complexity index is 1260. The smallest absolute Gasteiger partial charge is 0.254 e. The highest BCUT2D eigenvalue weighted by atomic mass is 35.5. The van der Waals surface area contributed by atoms with Gasteiger partial charge in [0.25, 0.3) is 5.91 Å². The average Bonchev–Trinajstić information content (AvgIpc) is 3.14. The third-order valence-electron chi connectivity index (χ3n) is 6.68. The van der Waals surface area contributed by atoms with Gasteiger partial charge in [-0.25, -0.2) is 0 Å². The normalized spacial score (nSPS) is 20.9. The van der Waals surface area contributed by atoms with Crippen molar-refractivity contribution in [2.24, 2.45) is 0 Å². The van der Waals surface area contributed by atoms with Crippen molar-refractivity contribution in [1.82, 2.24) is 4.90 Å². The van der Waals surface area contributed by atoms with E-state index in [2.05, 4.69) is 11.0 Å². The van der Waals surface area contributed by atoms with Crippen LogP contribution in [0.15, 0.2) is 71.6 Å². The fourth-order valence-corrected chi connectivity index (χ4v) is 6.48. The molecule has 0 spiro atoms. The molecule has 1 unspecified atom stereocenters. The fraction of sp³-hybridized carbons (Fsp3) is 0.286. The van der Waals surface area contributed by atoms with Crippen molar-refractivity contribution in [3.05, 3.63) is 93.5 Å². The molecular formula is C28H24Cl2N2O2S. The van der Waals surface area contributed by atoms with Crippen molar-refractivity contribution in [3.63, 3.8) is 0 Å². The molecule has 3 aromatic carbocycles. The Morgan fingerprint density at radius 3 is 2.49 bits per heavy atom. The highest BCUT2D eigenvalue weighted by Gasteiger charge is 2.44. The number of amides is 1. The van der Waals surface area contributed by atoms with Crippen molar-refractivity contribution in [2.75, 3.05) is 0 Å². The predicted octanol–water partition coefficient (Wildman–Crippen LogP) is 7.37. The molecule has 0 N–H and O–H groups in total. The maximum atomic E-state index is 13.4. The Balaban J connectivity index is 1.20. The highest BCUT2D eigenvalue weighted by molar-refractivity contribution is 7.98. The summed E-state index contributed by atoms with van der Waals surface area (Å²) in [5, 5.41) is 10.5. The number of nitrogens with zero attached hydrogens (tertiary/aromatic N) is 2. The van der Waals surface area contributed by atoms with E-state index >= 15 is 0 Å². The van der Waals surface area contributed by atoms with Gasteiger partial charge in [0.2, 0.25) is 0 Å². The van der Waals surface area contributed by atoms with Crippen LogP contribution in [0.1, 0.15) is 47.2 Å². The molecule has 5 rings (SSSR count). The minimum Gasteiger partial charge on any atom is -0.490 e. The average molecular weight is 523 g/mol. The minimum atomic E-state index is 0.0585. The number of nitriles is 1. The van der Waals surface area contributed by atoms with E-state index in [-0.39, 0.29) is 24.1 Å². The lowest BCUT2D eigenvalue weighted by atomic mass is 9.98. The molecule has 1 amide bonds. The van der Waals surface area contributed by atoms with Crippen LogP contribution in [0.2, 0.25) is 10.0 Å². The van der Waals surface area contributed by atoms with E-state index < -0.39 is 0 Å². The van der Waals surface area contributed by atoms with Crippen molar-refractivity contribution in [1.29, 1.82) is 5.26 Å². The number of hydrogen-bond acceptors (Lipinski definition) is 4. The van der Waals surface area contributed by atoms with Gasteiger partial charge in [0, 0.05) is 46.2 Å². The first-order valence-corrected chi connectivity index (χ1v) is 13.4. The van der Waals surface area contributed by atoms with Crippen molar-refractivity contribution in [2.45, 2.75) is 54.5 Å². The molecule has 0 radical (unpaired) electrons. The Morgan fingerprint density at radius 2 is 1.77 bits per heavy atom. The maximum absolute atomic E-state index is 13.4. The third-order valence-corrected chi connectivity index (χ3v) is 8.48. The molecule has 2 saturated heterocycles. The quantitative estimate of drug-likeness (QED) is 0.317. The molecule has 2 aliphatic heterocycles. The molecule has 2 heterocycles. The number of hydrogen-bond donors (Lipinski definition) is 0. The first kappa shape index (κ1) is 24.1. The zero-order valence-corrected chi connectivity index (χ0v) is 21.3. The van der Waals surface area contributed by atoms with Crippen LogP contribution in [0.4, 0.5) is 0 Å². The molecule has 35 heavy (non-hydrogen) atoms. The number of piperidine rings is 1. The number of fused-ring (bicyclic) bond motifs is 2. The second-order valence-electron chi connectivity index (χ2n) is 9.01. The number of carbonyl (C=O) groups is 1. The van der Waals surface area contributed by atoms with E-state index in [0.717, 1.165) is 53.2 Å². The molecule has 0 aliphatic carbocycles. The summed E-state index contributed by atoms with van der Waals surface area (Å²) in [6.07, 6.45) is 3.69. The van der Waals surface area contributed by atoms with Gasteiger partial charge < -0.3 is 9.64 Å². The van der Waals surface area contributed by atoms with Gasteiger partial charge in [0.15, 0.2) is 0 Å². The van der Waals surface area contributed by atoms with E-state index in [9.17, 15) is 4.79 Å². The Morgan fingerprint density at radius 1 is 1.03 bits per heavy atom. The van der Waals surface area contributed by atoms with Crippen LogP contribution in [-0.4, -0.2) is 29.0 Å². The van der Waals surface area contributed by atoms with Gasteiger partial charge in [-0.1, -0.05) is 41.4 Å². The Kier molecular flexibility index (Phi) is 7.24. The summed E-state index contributed by atoms with van der Waals surface area (Å²) in [6.45, 7) is 0. The molecule has 0 saturated carbocycles. The van der Waals surface area contributed by atoms with E-state index in [1.807, 2.05) is 42.5 Å². The van der Waals surface area contributed by atoms with Crippen LogP contribution in [0, 0.1) is 11.3 Å². The molecule has 3 atom stereocenters. The van der Waals surface area contributed by atoms with Crippen LogP contribution >= 0.6 is 35.0 Å². The number of carbonyl (C=O) groups excluding carboxylic acids is 1. The topological polar surface area (TPSA) is 53.3 Å². The molecule has 2 aliphatic rings. The molecule has 0 aromatic heterocycles. The fourth-order valence-electron chi connectivity index (χ4n) is 5.03. The number of halogens is 2. The predicted molar refractivity (Wildman–Crippen MR) is 140 cm³/mol. The summed E-state index contributed by atoms with van der Waals surface area (Å²) >= 11 is 14.0.